The van der Waals surface area contributed by atoms with Crippen molar-refractivity contribution in [1.82, 2.24) is 5.16 Å². The molecule has 0 aliphatic rings. The Labute approximate surface area is 146 Å². The van der Waals surface area contributed by atoms with Gasteiger partial charge in [-0.3, -0.25) is 4.72 Å². The molecule has 25 heavy (non-hydrogen) atoms. The highest BCUT2D eigenvalue weighted by molar-refractivity contribution is 7.92. The molecule has 130 valence electrons. The third-order valence-corrected chi connectivity index (χ3v) is 5.29. The number of nitrogens with zero attached hydrogens (tertiary/aromatic N) is 1. The molecule has 0 unspecified atom stereocenters. The Balaban J connectivity index is 1.95. The molecular weight excluding hydrogens is 340 g/mol. The molecule has 1 aromatic heterocycles. The van der Waals surface area contributed by atoms with Crippen molar-refractivity contribution in [2.45, 2.75) is 25.7 Å². The van der Waals surface area contributed by atoms with Crippen molar-refractivity contribution < 1.29 is 17.7 Å². The van der Waals surface area contributed by atoms with E-state index in [-0.39, 0.29) is 10.7 Å². The van der Waals surface area contributed by atoms with Crippen LogP contribution in [0.2, 0.25) is 0 Å². The maximum atomic E-state index is 12.7. The lowest BCUT2D eigenvalue weighted by molar-refractivity contribution is 0.390. The number of ether oxygens (including phenoxy) is 1. The van der Waals surface area contributed by atoms with E-state index in [1.807, 2.05) is 31.2 Å². The highest BCUT2D eigenvalue weighted by atomic mass is 32.2. The first kappa shape index (κ1) is 17.0. The van der Waals surface area contributed by atoms with Crippen LogP contribution in [0.1, 0.15) is 17.0 Å². The summed E-state index contributed by atoms with van der Waals surface area (Å²) in [6.45, 7) is 5.07. The third-order valence-electron chi connectivity index (χ3n) is 3.68. The van der Waals surface area contributed by atoms with E-state index in [2.05, 4.69) is 9.88 Å². The molecule has 0 aliphatic carbocycles. The van der Waals surface area contributed by atoms with Gasteiger partial charge in [0.25, 0.3) is 10.0 Å². The Morgan fingerprint density at radius 2 is 1.60 bits per heavy atom. The van der Waals surface area contributed by atoms with E-state index in [1.54, 1.807) is 38.1 Å². The number of rotatable bonds is 5. The van der Waals surface area contributed by atoms with Gasteiger partial charge in [0.05, 0.1) is 5.69 Å². The maximum Gasteiger partial charge on any atom is 0.267 e. The highest BCUT2D eigenvalue weighted by Gasteiger charge is 2.25. The first-order valence-corrected chi connectivity index (χ1v) is 9.15. The molecule has 2 aromatic carbocycles. The van der Waals surface area contributed by atoms with Crippen LogP contribution in [0.15, 0.2) is 57.9 Å². The van der Waals surface area contributed by atoms with Gasteiger partial charge in [-0.1, -0.05) is 35.5 Å². The Kier molecular flexibility index (Phi) is 4.50. The second-order valence-corrected chi connectivity index (χ2v) is 7.24. The molecule has 0 amide bonds. The number of benzene rings is 2. The summed E-state index contributed by atoms with van der Waals surface area (Å²) in [7, 11) is -3.84. The largest absolute Gasteiger partial charge is 0.455 e. The van der Waals surface area contributed by atoms with Crippen molar-refractivity contribution in [3.8, 4) is 11.5 Å². The van der Waals surface area contributed by atoms with Crippen LogP contribution in [0.3, 0.4) is 0 Å². The van der Waals surface area contributed by atoms with E-state index in [0.29, 0.717) is 22.9 Å². The minimum absolute atomic E-state index is 0.0400. The van der Waals surface area contributed by atoms with Crippen molar-refractivity contribution in [1.29, 1.82) is 0 Å². The van der Waals surface area contributed by atoms with Crippen molar-refractivity contribution in [2.75, 3.05) is 4.72 Å². The zero-order chi connectivity index (χ0) is 18.0. The summed E-state index contributed by atoms with van der Waals surface area (Å²) in [6.07, 6.45) is 0. The van der Waals surface area contributed by atoms with E-state index >= 15 is 0 Å². The van der Waals surface area contributed by atoms with Gasteiger partial charge >= 0.3 is 0 Å². The number of nitrogens with one attached hydrogen (secondary N) is 1. The molecule has 6 nitrogen and oxygen atoms in total. The minimum Gasteiger partial charge on any atom is -0.455 e. The SMILES string of the molecule is Cc1ccccc1Oc1ccccc1NS(=O)(=O)c1c(C)noc1C. The lowest BCUT2D eigenvalue weighted by Crippen LogP contribution is -2.15. The zero-order valence-electron chi connectivity index (χ0n) is 14.1. The summed E-state index contributed by atoms with van der Waals surface area (Å²) in [5.74, 6) is 1.31. The van der Waals surface area contributed by atoms with E-state index in [4.69, 9.17) is 9.26 Å². The summed E-state index contributed by atoms with van der Waals surface area (Å²) < 4.78 is 38.8. The minimum atomic E-state index is -3.84. The average molecular weight is 358 g/mol. The second-order valence-electron chi connectivity index (χ2n) is 5.62. The molecule has 0 radical (unpaired) electrons. The van der Waals surface area contributed by atoms with Crippen LogP contribution in [0.4, 0.5) is 5.69 Å². The molecule has 7 heteroatoms. The van der Waals surface area contributed by atoms with Crippen LogP contribution in [0, 0.1) is 20.8 Å². The number of anilines is 1. The fourth-order valence-corrected chi connectivity index (χ4v) is 3.89. The molecule has 0 fully saturated rings. The Morgan fingerprint density at radius 3 is 2.24 bits per heavy atom. The predicted molar refractivity (Wildman–Crippen MR) is 94.5 cm³/mol. The lowest BCUT2D eigenvalue weighted by Gasteiger charge is -2.14. The standard InChI is InChI=1S/C18H18N2O4S/c1-12-8-4-6-10-16(12)23-17-11-7-5-9-15(17)20-25(21,22)18-13(2)19-24-14(18)3/h4-11,20H,1-3H3. The monoisotopic (exact) mass is 358 g/mol. The molecular formula is C18H18N2O4S. The summed E-state index contributed by atoms with van der Waals surface area (Å²) in [5, 5.41) is 3.70. The van der Waals surface area contributed by atoms with Crippen LogP contribution < -0.4 is 9.46 Å². The van der Waals surface area contributed by atoms with Gasteiger partial charge in [0.2, 0.25) is 0 Å². The number of sulfonamides is 1. The van der Waals surface area contributed by atoms with Crippen molar-refractivity contribution in [3.05, 3.63) is 65.5 Å². The van der Waals surface area contributed by atoms with Crippen molar-refractivity contribution in [3.63, 3.8) is 0 Å². The van der Waals surface area contributed by atoms with Crippen molar-refractivity contribution >= 4 is 15.7 Å². The summed E-state index contributed by atoms with van der Waals surface area (Å²) in [6, 6.07) is 14.4. The van der Waals surface area contributed by atoms with Gasteiger partial charge in [0, 0.05) is 0 Å². The van der Waals surface area contributed by atoms with Crippen LogP contribution in [-0.4, -0.2) is 13.6 Å². The molecule has 0 saturated heterocycles. The lowest BCUT2D eigenvalue weighted by atomic mass is 10.2. The predicted octanol–water partition coefficient (Wildman–Crippen LogP) is 4.19. The third kappa shape index (κ3) is 3.51. The van der Waals surface area contributed by atoms with Gasteiger partial charge in [-0.2, -0.15) is 0 Å². The summed E-state index contributed by atoms with van der Waals surface area (Å²) >= 11 is 0. The Hall–Kier alpha value is -2.80. The summed E-state index contributed by atoms with van der Waals surface area (Å²) in [4.78, 5) is 0.0400. The molecule has 3 aromatic rings. The number of hydrogen-bond acceptors (Lipinski definition) is 5. The molecule has 0 atom stereocenters. The quantitative estimate of drug-likeness (QED) is 0.739. The van der Waals surface area contributed by atoms with E-state index in [1.165, 1.54) is 0 Å². The van der Waals surface area contributed by atoms with Gasteiger partial charge in [-0.25, -0.2) is 8.42 Å². The van der Waals surface area contributed by atoms with E-state index in [9.17, 15) is 8.42 Å². The zero-order valence-corrected chi connectivity index (χ0v) is 14.9. The molecule has 1 heterocycles. The number of aromatic nitrogens is 1. The first-order chi connectivity index (χ1) is 11.9. The normalized spacial score (nSPS) is 11.3. The molecule has 0 spiro atoms. The molecule has 0 bridgehead atoms. The van der Waals surface area contributed by atoms with E-state index in [0.717, 1.165) is 5.56 Å². The average Bonchev–Trinajstić information content (AvgIpc) is 2.90. The van der Waals surface area contributed by atoms with E-state index < -0.39 is 10.0 Å². The molecule has 0 saturated carbocycles. The van der Waals surface area contributed by atoms with Crippen molar-refractivity contribution in [2.24, 2.45) is 0 Å². The van der Waals surface area contributed by atoms with Gasteiger partial charge < -0.3 is 9.26 Å². The fourth-order valence-electron chi connectivity index (χ4n) is 2.48. The van der Waals surface area contributed by atoms with Gasteiger partial charge in [-0.05, 0) is 44.5 Å². The van der Waals surface area contributed by atoms with Crippen LogP contribution >= 0.6 is 0 Å². The smallest absolute Gasteiger partial charge is 0.267 e. The first-order valence-electron chi connectivity index (χ1n) is 7.66. The number of hydrogen-bond donors (Lipinski definition) is 1. The topological polar surface area (TPSA) is 81.4 Å². The van der Waals surface area contributed by atoms with Crippen LogP contribution in [-0.2, 0) is 10.0 Å². The Bertz CT molecular complexity index is 990. The second kappa shape index (κ2) is 6.60. The number of aryl methyl sites for hydroxylation is 3. The fraction of sp³-hybridized carbons (Fsp3) is 0.167. The highest BCUT2D eigenvalue weighted by Crippen LogP contribution is 2.33. The summed E-state index contributed by atoms with van der Waals surface area (Å²) in [5.41, 5.74) is 1.60. The van der Waals surface area contributed by atoms with Gasteiger partial charge in [0.15, 0.2) is 16.4 Å². The van der Waals surface area contributed by atoms with Gasteiger partial charge in [-0.15, -0.1) is 0 Å². The van der Waals surface area contributed by atoms with Crippen LogP contribution in [0.25, 0.3) is 0 Å². The van der Waals surface area contributed by atoms with Crippen LogP contribution in [0.5, 0.6) is 11.5 Å². The Morgan fingerprint density at radius 1 is 0.960 bits per heavy atom. The molecule has 3 rings (SSSR count). The molecule has 1 N–H and O–H groups in total. The van der Waals surface area contributed by atoms with Gasteiger partial charge in [0.1, 0.15) is 11.4 Å². The molecule has 0 aliphatic heterocycles. The maximum absolute atomic E-state index is 12.7. The number of para-hydroxylation sites is 3.